The summed E-state index contributed by atoms with van der Waals surface area (Å²) in [4.78, 5) is 15.8. The Morgan fingerprint density at radius 1 is 1.04 bits per heavy atom. The fourth-order valence-electron chi connectivity index (χ4n) is 6.04. The van der Waals surface area contributed by atoms with E-state index in [2.05, 4.69) is 34.9 Å². The van der Waals surface area contributed by atoms with Gasteiger partial charge in [0, 0.05) is 57.2 Å². The molecule has 1 atom stereocenters. The number of hydrogen-bond donors (Lipinski definition) is 1. The summed E-state index contributed by atoms with van der Waals surface area (Å²) in [6, 6.07) is 6.58. The Hall–Kier alpha value is -3.78. The number of anilines is 2. The Balaban J connectivity index is 1.12. The zero-order chi connectivity index (χ0) is 31.7. The Labute approximate surface area is 274 Å². The number of ether oxygens (including phenoxy) is 4. The molecule has 46 heavy (non-hydrogen) atoms. The van der Waals surface area contributed by atoms with E-state index in [0.717, 1.165) is 75.2 Å². The van der Waals surface area contributed by atoms with Crippen LogP contribution in [0.5, 0.6) is 11.6 Å². The summed E-state index contributed by atoms with van der Waals surface area (Å²) in [5.74, 6) is 1.57. The van der Waals surface area contributed by atoms with Gasteiger partial charge in [0.25, 0.3) is 5.88 Å². The quantitative estimate of drug-likeness (QED) is 0.185. The molecule has 1 aliphatic heterocycles. The van der Waals surface area contributed by atoms with E-state index >= 15 is 0 Å². The number of nitrogens with zero attached hydrogens (tertiary/aromatic N) is 8. The third kappa shape index (κ3) is 8.32. The molecule has 0 spiro atoms. The van der Waals surface area contributed by atoms with Gasteiger partial charge < -0.3 is 24.3 Å². The van der Waals surface area contributed by atoms with Crippen molar-refractivity contribution >= 4 is 23.2 Å². The third-order valence-corrected chi connectivity index (χ3v) is 8.75. The van der Waals surface area contributed by atoms with E-state index < -0.39 is 0 Å². The summed E-state index contributed by atoms with van der Waals surface area (Å²) >= 11 is 6.46. The molecule has 2 aliphatic rings. The highest BCUT2D eigenvalue weighted by Gasteiger charge is 2.29. The first kappa shape index (κ1) is 32.2. The lowest BCUT2D eigenvalue weighted by molar-refractivity contribution is 0.00503. The average molecular weight is 652 g/mol. The van der Waals surface area contributed by atoms with Crippen LogP contribution >= 0.6 is 11.6 Å². The highest BCUT2D eigenvalue weighted by atomic mass is 35.5. The number of hydrogen-bond acceptors (Lipinski definition) is 11. The van der Waals surface area contributed by atoms with E-state index in [4.69, 9.17) is 35.6 Å². The first-order valence-corrected chi connectivity index (χ1v) is 16.3. The normalized spacial score (nSPS) is 19.5. The molecule has 4 aromatic rings. The molecule has 6 rings (SSSR count). The predicted molar refractivity (Wildman–Crippen MR) is 174 cm³/mol. The van der Waals surface area contributed by atoms with Crippen LogP contribution in [0.4, 0.5) is 11.6 Å². The minimum Gasteiger partial charge on any atom is -0.487 e. The summed E-state index contributed by atoms with van der Waals surface area (Å²) in [7, 11) is 1.69. The summed E-state index contributed by atoms with van der Waals surface area (Å²) in [6.45, 7) is 7.36. The monoisotopic (exact) mass is 651 g/mol. The highest BCUT2D eigenvalue weighted by Crippen LogP contribution is 2.35. The Morgan fingerprint density at radius 3 is 2.57 bits per heavy atom. The van der Waals surface area contributed by atoms with Crippen molar-refractivity contribution in [3.63, 3.8) is 0 Å². The maximum Gasteiger partial charge on any atom is 0.256 e. The van der Waals surface area contributed by atoms with E-state index in [1.54, 1.807) is 30.5 Å². The molecule has 1 aliphatic carbocycles. The molecular weight excluding hydrogens is 610 g/mol. The Kier molecular flexibility index (Phi) is 11.0. The summed E-state index contributed by atoms with van der Waals surface area (Å²) in [5, 5.41) is 12.9. The lowest BCUT2D eigenvalue weighted by Crippen LogP contribution is -2.45. The van der Waals surface area contributed by atoms with Gasteiger partial charge in [-0.2, -0.15) is 5.10 Å². The zero-order valence-corrected chi connectivity index (χ0v) is 27.2. The van der Waals surface area contributed by atoms with Crippen molar-refractivity contribution in [2.75, 3.05) is 51.9 Å². The van der Waals surface area contributed by atoms with Crippen LogP contribution in [0.2, 0.25) is 5.02 Å². The molecule has 1 N–H and O–H groups in total. The van der Waals surface area contributed by atoms with Crippen molar-refractivity contribution < 1.29 is 18.9 Å². The first-order valence-electron chi connectivity index (χ1n) is 16.0. The van der Waals surface area contributed by atoms with Gasteiger partial charge in [-0.3, -0.25) is 9.58 Å². The molecule has 246 valence electrons. The second kappa shape index (κ2) is 15.7. The molecule has 1 saturated carbocycles. The summed E-state index contributed by atoms with van der Waals surface area (Å²) in [6.07, 6.45) is 13.8. The van der Waals surface area contributed by atoms with Gasteiger partial charge in [-0.1, -0.05) is 17.7 Å². The first-order chi connectivity index (χ1) is 22.6. The van der Waals surface area contributed by atoms with Crippen LogP contribution in [0.25, 0.3) is 11.1 Å². The Morgan fingerprint density at radius 2 is 1.83 bits per heavy atom. The van der Waals surface area contributed by atoms with E-state index in [1.165, 1.54) is 6.33 Å². The minimum absolute atomic E-state index is 0.163. The maximum atomic E-state index is 6.46. The number of halogens is 1. The lowest BCUT2D eigenvalue weighted by Gasteiger charge is -2.38. The molecule has 0 bridgehead atoms. The van der Waals surface area contributed by atoms with Gasteiger partial charge in [0.1, 0.15) is 30.2 Å². The largest absolute Gasteiger partial charge is 0.487 e. The molecule has 4 heterocycles. The molecule has 2 fully saturated rings. The lowest BCUT2D eigenvalue weighted by atomic mass is 9.90. The highest BCUT2D eigenvalue weighted by molar-refractivity contribution is 6.32. The molecule has 14 heteroatoms. The zero-order valence-electron chi connectivity index (χ0n) is 26.4. The van der Waals surface area contributed by atoms with E-state index in [1.807, 2.05) is 31.3 Å². The van der Waals surface area contributed by atoms with Crippen LogP contribution in [0.15, 0.2) is 49.4 Å². The fraction of sp³-hybridized carbons (Fsp3) is 0.531. The number of benzene rings is 1. The van der Waals surface area contributed by atoms with Crippen molar-refractivity contribution in [1.29, 1.82) is 0 Å². The maximum absolute atomic E-state index is 6.46. The topological polar surface area (TPSA) is 127 Å². The number of aromatic nitrogens is 7. The van der Waals surface area contributed by atoms with Gasteiger partial charge in [-0.05, 0) is 50.3 Å². The van der Waals surface area contributed by atoms with Crippen molar-refractivity contribution in [2.45, 2.75) is 63.8 Å². The smallest absolute Gasteiger partial charge is 0.256 e. The van der Waals surface area contributed by atoms with Crippen LogP contribution in [0.1, 0.15) is 45.1 Å². The predicted octanol–water partition coefficient (Wildman–Crippen LogP) is 5.03. The standard InChI is InChI=1S/C32H42ClN9O4/c1-23(19-41-22-34-21-37-41)46-30-16-24(4-9-28(30)33)25-17-35-32(36-18-25)38-29-20-42(39-31(29)45-13-3-12-43-2)27-7-5-26(6-8-27)40-10-14-44-15-11-40/h4,9,16-18,20-23,26-27H,3,5-8,10-15,19H2,1-2H3,(H,35,36,38)/t23-,26-,27-/m0/s1. The number of morpholine rings is 1. The second-order valence-corrected chi connectivity index (χ2v) is 12.2. The van der Waals surface area contributed by atoms with Crippen molar-refractivity contribution in [3.8, 4) is 22.8 Å². The van der Waals surface area contributed by atoms with Crippen LogP contribution in [0.3, 0.4) is 0 Å². The van der Waals surface area contributed by atoms with Crippen LogP contribution in [-0.2, 0) is 16.0 Å². The van der Waals surface area contributed by atoms with Gasteiger partial charge in [-0.25, -0.2) is 19.6 Å². The fourth-order valence-corrected chi connectivity index (χ4v) is 6.20. The van der Waals surface area contributed by atoms with Gasteiger partial charge in [0.05, 0.1) is 43.6 Å². The van der Waals surface area contributed by atoms with Crippen LogP contribution in [0, 0.1) is 0 Å². The van der Waals surface area contributed by atoms with Gasteiger partial charge in [0.2, 0.25) is 5.95 Å². The molecule has 1 aromatic carbocycles. The second-order valence-electron chi connectivity index (χ2n) is 11.7. The van der Waals surface area contributed by atoms with Gasteiger partial charge >= 0.3 is 0 Å². The van der Waals surface area contributed by atoms with Crippen molar-refractivity contribution in [3.05, 3.63) is 54.5 Å². The van der Waals surface area contributed by atoms with Crippen molar-refractivity contribution in [1.82, 2.24) is 39.4 Å². The average Bonchev–Trinajstić information content (AvgIpc) is 3.75. The van der Waals surface area contributed by atoms with Gasteiger partial charge in [-0.15, -0.1) is 5.10 Å². The SMILES string of the molecule is COCCCOc1nn([C@H]2CC[C@H](N3CCOCC3)CC2)cc1Nc1ncc(-c2ccc(Cl)c(O[C@@H](C)Cn3cncn3)c2)cn1. The molecule has 0 unspecified atom stereocenters. The number of rotatable bonds is 14. The van der Waals surface area contributed by atoms with Crippen LogP contribution < -0.4 is 14.8 Å². The summed E-state index contributed by atoms with van der Waals surface area (Å²) < 4.78 is 26.7. The molecule has 0 radical (unpaired) electrons. The number of nitrogens with one attached hydrogen (secondary N) is 1. The molecular formula is C32H42ClN9O4. The van der Waals surface area contributed by atoms with Crippen molar-refractivity contribution in [2.24, 2.45) is 0 Å². The third-order valence-electron chi connectivity index (χ3n) is 8.43. The molecule has 13 nitrogen and oxygen atoms in total. The molecule has 3 aromatic heterocycles. The summed E-state index contributed by atoms with van der Waals surface area (Å²) in [5.41, 5.74) is 2.46. The minimum atomic E-state index is -0.163. The molecule has 1 saturated heterocycles. The Bertz CT molecular complexity index is 1500. The van der Waals surface area contributed by atoms with Crippen LogP contribution in [-0.4, -0.2) is 98.2 Å². The van der Waals surface area contributed by atoms with Gasteiger partial charge in [0.15, 0.2) is 0 Å². The molecule has 0 amide bonds. The number of methoxy groups -OCH3 is 1. The van der Waals surface area contributed by atoms with E-state index in [9.17, 15) is 0 Å². The van der Waals surface area contributed by atoms with E-state index in [0.29, 0.717) is 54.4 Å². The van der Waals surface area contributed by atoms with E-state index in [-0.39, 0.29) is 6.10 Å².